The SMILES string of the molecule is Cc1ccc(NC(=O)C2CCN(C(=O)c3ccc(-c4cccs4)nc3C)CC2)nc1. The molecule has 0 atom stereocenters. The first kappa shape index (κ1) is 20.2. The number of rotatable bonds is 4. The van der Waals surface area contributed by atoms with Gasteiger partial charge in [0.05, 0.1) is 21.8 Å². The fourth-order valence-electron chi connectivity index (χ4n) is 3.63. The number of thiophene rings is 1. The average Bonchev–Trinajstić information content (AvgIpc) is 3.30. The molecule has 30 heavy (non-hydrogen) atoms. The van der Waals surface area contributed by atoms with Gasteiger partial charge in [-0.1, -0.05) is 12.1 Å². The molecule has 0 aromatic carbocycles. The van der Waals surface area contributed by atoms with Gasteiger partial charge in [-0.15, -0.1) is 11.3 Å². The molecule has 1 fully saturated rings. The van der Waals surface area contributed by atoms with Gasteiger partial charge >= 0.3 is 0 Å². The number of anilines is 1. The number of pyridine rings is 2. The summed E-state index contributed by atoms with van der Waals surface area (Å²) in [6, 6.07) is 11.5. The molecule has 0 aliphatic carbocycles. The highest BCUT2D eigenvalue weighted by molar-refractivity contribution is 7.13. The number of likely N-dealkylation sites (tertiary alicyclic amines) is 1. The van der Waals surface area contributed by atoms with Gasteiger partial charge in [-0.3, -0.25) is 14.6 Å². The van der Waals surface area contributed by atoms with Crippen LogP contribution in [0, 0.1) is 19.8 Å². The summed E-state index contributed by atoms with van der Waals surface area (Å²) >= 11 is 1.63. The number of hydrogen-bond donors (Lipinski definition) is 1. The molecule has 154 valence electrons. The zero-order valence-corrected chi connectivity index (χ0v) is 17.9. The quantitative estimate of drug-likeness (QED) is 0.682. The molecule has 4 rings (SSSR count). The maximum atomic E-state index is 13.0. The highest BCUT2D eigenvalue weighted by Gasteiger charge is 2.28. The van der Waals surface area contributed by atoms with Crippen molar-refractivity contribution in [3.8, 4) is 10.6 Å². The van der Waals surface area contributed by atoms with E-state index in [1.54, 1.807) is 17.5 Å². The van der Waals surface area contributed by atoms with Gasteiger partial charge in [-0.25, -0.2) is 4.98 Å². The summed E-state index contributed by atoms with van der Waals surface area (Å²) in [5.74, 6) is 0.405. The van der Waals surface area contributed by atoms with Gasteiger partial charge in [0.1, 0.15) is 5.82 Å². The molecule has 7 heteroatoms. The number of hydrogen-bond acceptors (Lipinski definition) is 5. The summed E-state index contributed by atoms with van der Waals surface area (Å²) in [6.07, 6.45) is 3.02. The van der Waals surface area contributed by atoms with Crippen molar-refractivity contribution in [3.63, 3.8) is 0 Å². The van der Waals surface area contributed by atoms with E-state index in [0.29, 0.717) is 37.3 Å². The first-order valence-corrected chi connectivity index (χ1v) is 10.9. The lowest BCUT2D eigenvalue weighted by molar-refractivity contribution is -0.121. The zero-order chi connectivity index (χ0) is 21.1. The van der Waals surface area contributed by atoms with Crippen LogP contribution in [0.15, 0.2) is 48.0 Å². The minimum atomic E-state index is -0.113. The molecule has 0 spiro atoms. The van der Waals surface area contributed by atoms with Crippen LogP contribution in [0.2, 0.25) is 0 Å². The van der Waals surface area contributed by atoms with E-state index in [2.05, 4.69) is 15.3 Å². The Bertz CT molecular complexity index is 1040. The van der Waals surface area contributed by atoms with E-state index in [0.717, 1.165) is 21.8 Å². The summed E-state index contributed by atoms with van der Waals surface area (Å²) in [4.78, 5) is 37.3. The van der Waals surface area contributed by atoms with Gasteiger partial charge in [-0.05, 0) is 61.9 Å². The second-order valence-corrected chi connectivity index (χ2v) is 8.53. The second kappa shape index (κ2) is 8.75. The van der Waals surface area contributed by atoms with E-state index < -0.39 is 0 Å². The summed E-state index contributed by atoms with van der Waals surface area (Å²) in [6.45, 7) is 4.95. The van der Waals surface area contributed by atoms with Crippen molar-refractivity contribution >= 4 is 29.0 Å². The molecule has 3 aromatic rings. The summed E-state index contributed by atoms with van der Waals surface area (Å²) in [7, 11) is 0. The van der Waals surface area contributed by atoms with Gasteiger partial charge in [-0.2, -0.15) is 0 Å². The fourth-order valence-corrected chi connectivity index (χ4v) is 4.33. The average molecular weight is 421 g/mol. The third-order valence-corrected chi connectivity index (χ3v) is 6.30. The summed E-state index contributed by atoms with van der Waals surface area (Å²) in [5, 5.41) is 4.90. The molecule has 0 bridgehead atoms. The number of amides is 2. The van der Waals surface area contributed by atoms with Crippen LogP contribution in [-0.4, -0.2) is 39.8 Å². The molecule has 1 aliphatic heterocycles. The van der Waals surface area contributed by atoms with Crippen LogP contribution in [0.25, 0.3) is 10.6 Å². The normalized spacial score (nSPS) is 14.5. The van der Waals surface area contributed by atoms with Crippen molar-refractivity contribution in [3.05, 3.63) is 64.8 Å². The van der Waals surface area contributed by atoms with Gasteiger partial charge in [0.15, 0.2) is 0 Å². The van der Waals surface area contributed by atoms with Crippen molar-refractivity contribution in [1.29, 1.82) is 0 Å². The third-order valence-electron chi connectivity index (χ3n) is 5.41. The minimum Gasteiger partial charge on any atom is -0.339 e. The van der Waals surface area contributed by atoms with E-state index in [9.17, 15) is 9.59 Å². The predicted octanol–water partition coefficient (Wildman–Crippen LogP) is 4.31. The fraction of sp³-hybridized carbons (Fsp3) is 0.304. The van der Waals surface area contributed by atoms with Crippen molar-refractivity contribution < 1.29 is 9.59 Å². The van der Waals surface area contributed by atoms with Crippen LogP contribution in [0.1, 0.15) is 34.5 Å². The van der Waals surface area contributed by atoms with Crippen LogP contribution in [0.3, 0.4) is 0 Å². The predicted molar refractivity (Wildman–Crippen MR) is 119 cm³/mol. The number of aryl methyl sites for hydroxylation is 2. The van der Waals surface area contributed by atoms with Crippen molar-refractivity contribution in [1.82, 2.24) is 14.9 Å². The molecule has 4 heterocycles. The number of carbonyl (C=O) groups is 2. The topological polar surface area (TPSA) is 75.2 Å². The van der Waals surface area contributed by atoms with Crippen LogP contribution in [0.4, 0.5) is 5.82 Å². The molecular formula is C23H24N4O2S. The number of aromatic nitrogens is 2. The Morgan fingerprint density at radius 2 is 1.90 bits per heavy atom. The van der Waals surface area contributed by atoms with E-state index in [4.69, 9.17) is 0 Å². The molecular weight excluding hydrogens is 396 g/mol. The Balaban J connectivity index is 1.36. The number of piperidine rings is 1. The number of nitrogens with zero attached hydrogens (tertiary/aromatic N) is 3. The lowest BCUT2D eigenvalue weighted by atomic mass is 9.95. The molecule has 2 amide bonds. The number of nitrogens with one attached hydrogen (secondary N) is 1. The Kier molecular flexibility index (Phi) is 5.90. The van der Waals surface area contributed by atoms with Crippen molar-refractivity contribution in [2.24, 2.45) is 5.92 Å². The Labute approximate surface area is 180 Å². The highest BCUT2D eigenvalue weighted by Crippen LogP contribution is 2.25. The lowest BCUT2D eigenvalue weighted by Crippen LogP contribution is -2.41. The first-order valence-electron chi connectivity index (χ1n) is 10.1. The lowest BCUT2D eigenvalue weighted by Gasteiger charge is -2.31. The van der Waals surface area contributed by atoms with E-state index >= 15 is 0 Å². The highest BCUT2D eigenvalue weighted by atomic mass is 32.1. The molecule has 1 saturated heterocycles. The molecule has 0 unspecified atom stereocenters. The van der Waals surface area contributed by atoms with Gasteiger partial charge in [0.2, 0.25) is 5.91 Å². The van der Waals surface area contributed by atoms with E-state index in [1.807, 2.05) is 60.5 Å². The van der Waals surface area contributed by atoms with Crippen LogP contribution >= 0.6 is 11.3 Å². The summed E-state index contributed by atoms with van der Waals surface area (Å²) in [5.41, 5.74) is 3.30. The number of carbonyl (C=O) groups excluding carboxylic acids is 2. The van der Waals surface area contributed by atoms with Crippen LogP contribution in [-0.2, 0) is 4.79 Å². The monoisotopic (exact) mass is 420 g/mol. The van der Waals surface area contributed by atoms with E-state index in [1.165, 1.54) is 0 Å². The molecule has 0 saturated carbocycles. The van der Waals surface area contributed by atoms with Crippen LogP contribution < -0.4 is 5.32 Å². The summed E-state index contributed by atoms with van der Waals surface area (Å²) < 4.78 is 0. The maximum absolute atomic E-state index is 13.0. The molecule has 1 aliphatic rings. The molecule has 0 radical (unpaired) electrons. The largest absolute Gasteiger partial charge is 0.339 e. The van der Waals surface area contributed by atoms with Crippen molar-refractivity contribution in [2.45, 2.75) is 26.7 Å². The minimum absolute atomic E-state index is 0.0169. The third kappa shape index (κ3) is 4.41. The maximum Gasteiger partial charge on any atom is 0.255 e. The molecule has 3 aromatic heterocycles. The molecule has 6 nitrogen and oxygen atoms in total. The Hall–Kier alpha value is -3.06. The molecule has 1 N–H and O–H groups in total. The van der Waals surface area contributed by atoms with Gasteiger partial charge in [0, 0.05) is 25.2 Å². The van der Waals surface area contributed by atoms with Crippen molar-refractivity contribution in [2.75, 3.05) is 18.4 Å². The van der Waals surface area contributed by atoms with Gasteiger partial charge < -0.3 is 10.2 Å². The van der Waals surface area contributed by atoms with Gasteiger partial charge in [0.25, 0.3) is 5.91 Å². The Morgan fingerprint density at radius 3 is 2.53 bits per heavy atom. The Morgan fingerprint density at radius 1 is 1.10 bits per heavy atom. The standard InChI is InChI=1S/C23H24N4O2S/c1-15-5-8-21(24-14-15)26-22(28)17-9-11-27(12-10-17)23(29)18-6-7-19(25-16(18)2)20-4-3-13-30-20/h3-8,13-14,17H,9-12H2,1-2H3,(H,24,26,28). The van der Waals surface area contributed by atoms with E-state index in [-0.39, 0.29) is 17.7 Å². The van der Waals surface area contributed by atoms with Crippen LogP contribution in [0.5, 0.6) is 0 Å². The zero-order valence-electron chi connectivity index (χ0n) is 17.1. The first-order chi connectivity index (χ1) is 14.5. The second-order valence-electron chi connectivity index (χ2n) is 7.58. The smallest absolute Gasteiger partial charge is 0.255 e.